The Kier molecular flexibility index (Phi) is 3.84. The minimum Gasteiger partial charge on any atom is -0.480 e. The number of carboxylic acids is 1. The molecule has 0 amide bonds. The van der Waals surface area contributed by atoms with Crippen molar-refractivity contribution in [2.24, 2.45) is 5.92 Å². The van der Waals surface area contributed by atoms with E-state index in [2.05, 4.69) is 30.2 Å². The Morgan fingerprint density at radius 2 is 2.35 bits per heavy atom. The van der Waals surface area contributed by atoms with E-state index in [0.29, 0.717) is 5.92 Å². The van der Waals surface area contributed by atoms with Crippen molar-refractivity contribution >= 4 is 17.3 Å². The molecule has 2 heterocycles. The standard InChI is InChI=1S/C13H19NO2S/c1-9(2)12(11-6-4-8-17-11)14-7-3-5-10(14)13(15)16/h4,6,8-10,12H,3,5,7H2,1-2H3,(H,15,16). The van der Waals surface area contributed by atoms with E-state index in [1.54, 1.807) is 11.3 Å². The number of nitrogens with zero attached hydrogens (tertiary/aromatic N) is 1. The molecule has 2 rings (SSSR count). The number of carbonyl (C=O) groups is 1. The van der Waals surface area contributed by atoms with E-state index in [9.17, 15) is 9.90 Å². The normalized spacial score (nSPS) is 23.1. The van der Waals surface area contributed by atoms with Crippen LogP contribution in [0.3, 0.4) is 0 Å². The lowest BCUT2D eigenvalue weighted by atomic mass is 10.00. The lowest BCUT2D eigenvalue weighted by molar-refractivity contribution is -0.143. The maximum Gasteiger partial charge on any atom is 0.320 e. The van der Waals surface area contributed by atoms with Crippen LogP contribution in [0.25, 0.3) is 0 Å². The Balaban J connectivity index is 2.25. The highest BCUT2D eigenvalue weighted by molar-refractivity contribution is 7.10. The number of likely N-dealkylation sites (tertiary alicyclic amines) is 1. The first-order valence-electron chi connectivity index (χ1n) is 6.13. The zero-order valence-corrected chi connectivity index (χ0v) is 11.1. The SMILES string of the molecule is CC(C)C(c1cccs1)N1CCCC1C(=O)O. The van der Waals surface area contributed by atoms with Crippen LogP contribution in [-0.2, 0) is 4.79 Å². The highest BCUT2D eigenvalue weighted by Gasteiger charge is 2.37. The molecule has 17 heavy (non-hydrogen) atoms. The van der Waals surface area contributed by atoms with E-state index in [0.717, 1.165) is 19.4 Å². The third-order valence-corrected chi connectivity index (χ3v) is 4.35. The summed E-state index contributed by atoms with van der Waals surface area (Å²) < 4.78 is 0. The van der Waals surface area contributed by atoms with Gasteiger partial charge in [0.25, 0.3) is 0 Å². The summed E-state index contributed by atoms with van der Waals surface area (Å²) in [4.78, 5) is 14.7. The van der Waals surface area contributed by atoms with E-state index in [4.69, 9.17) is 0 Å². The number of aliphatic carboxylic acids is 1. The number of thiophene rings is 1. The van der Waals surface area contributed by atoms with Gasteiger partial charge in [-0.05, 0) is 36.8 Å². The van der Waals surface area contributed by atoms with E-state index in [1.807, 2.05) is 6.07 Å². The fourth-order valence-corrected chi connectivity index (χ4v) is 3.74. The van der Waals surface area contributed by atoms with Crippen molar-refractivity contribution in [3.8, 4) is 0 Å². The molecule has 0 spiro atoms. The smallest absolute Gasteiger partial charge is 0.320 e. The molecular weight excluding hydrogens is 234 g/mol. The minimum atomic E-state index is -0.676. The van der Waals surface area contributed by atoms with E-state index < -0.39 is 5.97 Å². The second-order valence-corrected chi connectivity index (χ2v) is 5.92. The largest absolute Gasteiger partial charge is 0.480 e. The van der Waals surface area contributed by atoms with Gasteiger partial charge in [-0.15, -0.1) is 11.3 Å². The Hall–Kier alpha value is -0.870. The van der Waals surface area contributed by atoms with Crippen molar-refractivity contribution < 1.29 is 9.90 Å². The van der Waals surface area contributed by atoms with Crippen LogP contribution in [0, 0.1) is 5.92 Å². The van der Waals surface area contributed by atoms with Gasteiger partial charge in [0.05, 0.1) is 0 Å². The van der Waals surface area contributed by atoms with Crippen LogP contribution < -0.4 is 0 Å². The summed E-state index contributed by atoms with van der Waals surface area (Å²) in [5.41, 5.74) is 0. The topological polar surface area (TPSA) is 40.5 Å². The second-order valence-electron chi connectivity index (χ2n) is 4.94. The molecule has 4 heteroatoms. The molecule has 3 nitrogen and oxygen atoms in total. The van der Waals surface area contributed by atoms with Crippen molar-refractivity contribution in [3.63, 3.8) is 0 Å². The minimum absolute atomic E-state index is 0.249. The van der Waals surface area contributed by atoms with E-state index in [1.165, 1.54) is 4.88 Å². The van der Waals surface area contributed by atoms with Gasteiger partial charge >= 0.3 is 5.97 Å². The van der Waals surface area contributed by atoms with Crippen LogP contribution in [0.4, 0.5) is 0 Å². The summed E-state index contributed by atoms with van der Waals surface area (Å²) in [7, 11) is 0. The first-order chi connectivity index (χ1) is 8.11. The molecule has 1 saturated heterocycles. The lowest BCUT2D eigenvalue weighted by Gasteiger charge is -2.33. The molecular formula is C13H19NO2S. The molecule has 0 saturated carbocycles. The van der Waals surface area contributed by atoms with Crippen molar-refractivity contribution in [2.75, 3.05) is 6.54 Å². The molecule has 0 aliphatic carbocycles. The highest BCUT2D eigenvalue weighted by Crippen LogP contribution is 2.36. The van der Waals surface area contributed by atoms with Gasteiger partial charge in [0, 0.05) is 10.9 Å². The predicted octanol–water partition coefficient (Wildman–Crippen LogP) is 2.99. The van der Waals surface area contributed by atoms with Crippen molar-refractivity contribution in [2.45, 2.75) is 38.8 Å². The monoisotopic (exact) mass is 253 g/mol. The molecule has 1 aliphatic rings. The van der Waals surface area contributed by atoms with Crippen LogP contribution in [0.1, 0.15) is 37.6 Å². The van der Waals surface area contributed by atoms with Gasteiger partial charge in [-0.3, -0.25) is 9.69 Å². The first kappa shape index (κ1) is 12.6. The van der Waals surface area contributed by atoms with Gasteiger partial charge in [0.15, 0.2) is 0 Å². The third-order valence-electron chi connectivity index (χ3n) is 3.40. The maximum atomic E-state index is 11.3. The van der Waals surface area contributed by atoms with Gasteiger partial charge in [-0.25, -0.2) is 0 Å². The summed E-state index contributed by atoms with van der Waals surface area (Å²) in [6.07, 6.45) is 1.77. The van der Waals surface area contributed by atoms with Crippen LogP contribution in [-0.4, -0.2) is 28.6 Å². The van der Waals surface area contributed by atoms with Gasteiger partial charge in [0.2, 0.25) is 0 Å². The highest BCUT2D eigenvalue weighted by atomic mass is 32.1. The summed E-state index contributed by atoms with van der Waals surface area (Å²) in [6.45, 7) is 5.24. The summed E-state index contributed by atoms with van der Waals surface area (Å²) in [6, 6.07) is 4.11. The van der Waals surface area contributed by atoms with Crippen LogP contribution in [0.2, 0.25) is 0 Å². The van der Waals surface area contributed by atoms with Gasteiger partial charge < -0.3 is 5.11 Å². The van der Waals surface area contributed by atoms with Crippen LogP contribution in [0.5, 0.6) is 0 Å². The first-order valence-corrected chi connectivity index (χ1v) is 7.01. The van der Waals surface area contributed by atoms with Crippen molar-refractivity contribution in [1.82, 2.24) is 4.90 Å². The number of hydrogen-bond donors (Lipinski definition) is 1. The average Bonchev–Trinajstić information content (AvgIpc) is 2.87. The maximum absolute atomic E-state index is 11.3. The van der Waals surface area contributed by atoms with Gasteiger partial charge in [-0.1, -0.05) is 19.9 Å². The Labute approximate surface area is 106 Å². The van der Waals surface area contributed by atoms with Gasteiger partial charge in [-0.2, -0.15) is 0 Å². The zero-order chi connectivity index (χ0) is 12.4. The molecule has 1 N–H and O–H groups in total. The Morgan fingerprint density at radius 3 is 2.88 bits per heavy atom. The molecule has 1 aliphatic heterocycles. The summed E-state index contributed by atoms with van der Waals surface area (Å²) >= 11 is 1.73. The zero-order valence-electron chi connectivity index (χ0n) is 10.3. The van der Waals surface area contributed by atoms with Crippen molar-refractivity contribution in [1.29, 1.82) is 0 Å². The Morgan fingerprint density at radius 1 is 1.59 bits per heavy atom. The van der Waals surface area contributed by atoms with Crippen LogP contribution >= 0.6 is 11.3 Å². The summed E-state index contributed by atoms with van der Waals surface area (Å²) in [5, 5.41) is 11.3. The summed E-state index contributed by atoms with van der Waals surface area (Å²) in [5.74, 6) is -0.238. The van der Waals surface area contributed by atoms with Crippen LogP contribution in [0.15, 0.2) is 17.5 Å². The molecule has 2 unspecified atom stereocenters. The molecule has 94 valence electrons. The molecule has 0 aromatic carbocycles. The van der Waals surface area contributed by atoms with E-state index >= 15 is 0 Å². The predicted molar refractivity (Wildman–Crippen MR) is 69.3 cm³/mol. The quantitative estimate of drug-likeness (QED) is 0.896. The number of carboxylic acid groups (broad SMARTS) is 1. The van der Waals surface area contributed by atoms with E-state index in [-0.39, 0.29) is 12.1 Å². The van der Waals surface area contributed by atoms with Gasteiger partial charge in [0.1, 0.15) is 6.04 Å². The molecule has 2 atom stereocenters. The second kappa shape index (κ2) is 5.19. The fourth-order valence-electron chi connectivity index (χ4n) is 2.72. The number of hydrogen-bond acceptors (Lipinski definition) is 3. The average molecular weight is 253 g/mol. The molecule has 1 aromatic rings. The molecule has 0 bridgehead atoms. The number of rotatable bonds is 4. The lowest BCUT2D eigenvalue weighted by Crippen LogP contribution is -2.40. The molecule has 1 fully saturated rings. The Bertz CT molecular complexity index is 375. The molecule has 0 radical (unpaired) electrons. The fraction of sp³-hybridized carbons (Fsp3) is 0.615. The third kappa shape index (κ3) is 2.53. The van der Waals surface area contributed by atoms with Crippen molar-refractivity contribution in [3.05, 3.63) is 22.4 Å². The molecule has 1 aromatic heterocycles.